The van der Waals surface area contributed by atoms with E-state index in [9.17, 15) is 4.79 Å². The molecule has 0 aliphatic rings. The summed E-state index contributed by atoms with van der Waals surface area (Å²) in [6.07, 6.45) is 4.91. The Morgan fingerprint density at radius 1 is 1.07 bits per heavy atom. The van der Waals surface area contributed by atoms with Crippen LogP contribution in [0.25, 0.3) is 10.8 Å². The molecule has 0 fully saturated rings. The highest BCUT2D eigenvalue weighted by atomic mass is 16.5. The Labute approximate surface area is 177 Å². The molecule has 0 heterocycles. The molecule has 0 bridgehead atoms. The molecular formula is C25H28N2O3. The van der Waals surface area contributed by atoms with Gasteiger partial charge in [0.2, 0.25) is 0 Å². The average molecular weight is 405 g/mol. The van der Waals surface area contributed by atoms with Crippen molar-refractivity contribution >= 4 is 22.9 Å². The van der Waals surface area contributed by atoms with E-state index in [4.69, 9.17) is 9.47 Å². The number of nitrogens with one attached hydrogen (secondary N) is 1. The lowest BCUT2D eigenvalue weighted by Gasteiger charge is -2.11. The van der Waals surface area contributed by atoms with Crippen molar-refractivity contribution in [2.75, 3.05) is 13.7 Å². The van der Waals surface area contributed by atoms with Crippen molar-refractivity contribution in [1.82, 2.24) is 5.43 Å². The number of rotatable bonds is 9. The first-order valence-corrected chi connectivity index (χ1v) is 10.3. The van der Waals surface area contributed by atoms with E-state index < -0.39 is 0 Å². The normalized spacial score (nSPS) is 11.0. The van der Waals surface area contributed by atoms with Gasteiger partial charge in [-0.1, -0.05) is 56.2 Å². The van der Waals surface area contributed by atoms with Gasteiger partial charge in [-0.25, -0.2) is 5.43 Å². The van der Waals surface area contributed by atoms with E-state index in [-0.39, 0.29) is 5.91 Å². The summed E-state index contributed by atoms with van der Waals surface area (Å²) in [5.41, 5.74) is 4.99. The van der Waals surface area contributed by atoms with Gasteiger partial charge in [-0.15, -0.1) is 0 Å². The Morgan fingerprint density at radius 3 is 2.70 bits per heavy atom. The summed E-state index contributed by atoms with van der Waals surface area (Å²) in [7, 11) is 1.61. The number of unbranched alkanes of at least 4 members (excludes halogenated alkanes) is 2. The predicted octanol–water partition coefficient (Wildman–Crippen LogP) is 5.49. The minimum Gasteiger partial charge on any atom is -0.493 e. The third-order valence-corrected chi connectivity index (χ3v) is 4.94. The number of hydrogen-bond donors (Lipinski definition) is 1. The Bertz CT molecular complexity index is 1040. The molecule has 0 unspecified atom stereocenters. The zero-order valence-corrected chi connectivity index (χ0v) is 17.8. The van der Waals surface area contributed by atoms with Crippen LogP contribution in [0.15, 0.2) is 59.7 Å². The molecular weight excluding hydrogens is 376 g/mol. The molecule has 3 aromatic rings. The summed E-state index contributed by atoms with van der Waals surface area (Å²) in [5.74, 6) is 1.12. The molecule has 1 amide bonds. The number of nitrogens with zero attached hydrogens (tertiary/aromatic N) is 1. The maximum atomic E-state index is 12.7. The van der Waals surface area contributed by atoms with Crippen molar-refractivity contribution in [2.24, 2.45) is 5.10 Å². The third kappa shape index (κ3) is 5.17. The largest absolute Gasteiger partial charge is 0.493 e. The zero-order chi connectivity index (χ0) is 21.3. The quantitative estimate of drug-likeness (QED) is 0.291. The number of amides is 1. The smallest absolute Gasteiger partial charge is 0.272 e. The predicted molar refractivity (Wildman–Crippen MR) is 122 cm³/mol. The van der Waals surface area contributed by atoms with E-state index in [0.717, 1.165) is 41.2 Å². The van der Waals surface area contributed by atoms with Gasteiger partial charge in [-0.3, -0.25) is 4.79 Å². The van der Waals surface area contributed by atoms with Crippen LogP contribution < -0.4 is 14.9 Å². The van der Waals surface area contributed by atoms with E-state index in [2.05, 4.69) is 17.5 Å². The lowest BCUT2D eigenvalue weighted by molar-refractivity contribution is 0.0956. The molecule has 3 aromatic carbocycles. The van der Waals surface area contributed by atoms with Crippen molar-refractivity contribution in [3.8, 4) is 11.5 Å². The van der Waals surface area contributed by atoms with Gasteiger partial charge < -0.3 is 9.47 Å². The molecule has 0 aliphatic carbocycles. The number of hydrogen-bond acceptors (Lipinski definition) is 4. The van der Waals surface area contributed by atoms with Crippen LogP contribution in [-0.4, -0.2) is 25.8 Å². The first-order chi connectivity index (χ1) is 14.6. The molecule has 0 spiro atoms. The van der Waals surface area contributed by atoms with Gasteiger partial charge in [0.1, 0.15) is 0 Å². The molecule has 3 rings (SSSR count). The highest BCUT2D eigenvalue weighted by molar-refractivity contribution is 6.08. The monoisotopic (exact) mass is 404 g/mol. The molecule has 0 radical (unpaired) electrons. The molecule has 0 aromatic heterocycles. The summed E-state index contributed by atoms with van der Waals surface area (Å²) >= 11 is 0. The van der Waals surface area contributed by atoms with Gasteiger partial charge in [-0.05, 0) is 53.4 Å². The second-order valence-corrected chi connectivity index (χ2v) is 7.14. The Morgan fingerprint density at radius 2 is 1.90 bits per heavy atom. The number of ether oxygens (including phenoxy) is 2. The second kappa shape index (κ2) is 10.4. The fraction of sp³-hybridized carbons (Fsp3) is 0.280. The number of carbonyl (C=O) groups excluding carboxylic acids is 1. The maximum absolute atomic E-state index is 12.7. The fourth-order valence-corrected chi connectivity index (χ4v) is 3.32. The first kappa shape index (κ1) is 21.4. The highest BCUT2D eigenvalue weighted by Crippen LogP contribution is 2.28. The summed E-state index contributed by atoms with van der Waals surface area (Å²) in [4.78, 5) is 12.7. The minimum absolute atomic E-state index is 0.233. The minimum atomic E-state index is -0.233. The summed E-state index contributed by atoms with van der Waals surface area (Å²) in [6.45, 7) is 4.75. The zero-order valence-electron chi connectivity index (χ0n) is 17.8. The number of methoxy groups -OCH3 is 1. The fourth-order valence-electron chi connectivity index (χ4n) is 3.32. The number of fused-ring (bicyclic) bond motifs is 1. The van der Waals surface area contributed by atoms with Gasteiger partial charge in [0.05, 0.1) is 25.5 Å². The number of hydrazone groups is 1. The van der Waals surface area contributed by atoms with Crippen LogP contribution in [0.4, 0.5) is 0 Å². The van der Waals surface area contributed by atoms with Gasteiger partial charge in [0.25, 0.3) is 5.91 Å². The lowest BCUT2D eigenvalue weighted by atomic mass is 9.99. The number of aryl methyl sites for hydroxylation is 1. The van der Waals surface area contributed by atoms with E-state index in [1.807, 2.05) is 61.5 Å². The lowest BCUT2D eigenvalue weighted by Crippen LogP contribution is -2.19. The van der Waals surface area contributed by atoms with Gasteiger partial charge in [-0.2, -0.15) is 5.10 Å². The van der Waals surface area contributed by atoms with E-state index in [1.165, 1.54) is 0 Å². The van der Waals surface area contributed by atoms with Crippen molar-refractivity contribution in [1.29, 1.82) is 0 Å². The summed E-state index contributed by atoms with van der Waals surface area (Å²) in [6, 6.07) is 17.4. The van der Waals surface area contributed by atoms with E-state index in [1.54, 1.807) is 13.3 Å². The standard InChI is InChI=1S/C25H28N2O3/c1-4-5-8-15-30-22-14-12-19(16-23(22)29-3)17-26-27-25(28)24-18(2)11-13-20-9-6-7-10-21(20)24/h6-7,9-14,16-17H,4-5,8,15H2,1-3H3,(H,27,28)/b26-17-. The summed E-state index contributed by atoms with van der Waals surface area (Å²) < 4.78 is 11.2. The van der Waals surface area contributed by atoms with Crippen molar-refractivity contribution in [3.63, 3.8) is 0 Å². The molecule has 0 saturated carbocycles. The SMILES string of the molecule is CCCCCOc1ccc(/C=N\NC(=O)c2c(C)ccc3ccccc23)cc1OC. The second-order valence-electron chi connectivity index (χ2n) is 7.14. The Hall–Kier alpha value is -3.34. The molecule has 5 nitrogen and oxygen atoms in total. The van der Waals surface area contributed by atoms with Gasteiger partial charge in [0.15, 0.2) is 11.5 Å². The topological polar surface area (TPSA) is 59.9 Å². The van der Waals surface area contributed by atoms with Crippen molar-refractivity contribution in [2.45, 2.75) is 33.1 Å². The molecule has 0 aliphatic heterocycles. The van der Waals surface area contributed by atoms with Crippen LogP contribution in [0.3, 0.4) is 0 Å². The molecule has 156 valence electrons. The van der Waals surface area contributed by atoms with E-state index >= 15 is 0 Å². The Balaban J connectivity index is 1.69. The average Bonchev–Trinajstić information content (AvgIpc) is 2.77. The molecule has 0 saturated heterocycles. The number of benzene rings is 3. The first-order valence-electron chi connectivity index (χ1n) is 10.3. The molecule has 0 atom stereocenters. The van der Waals surface area contributed by atoms with E-state index in [0.29, 0.717) is 23.7 Å². The van der Waals surface area contributed by atoms with Crippen LogP contribution in [-0.2, 0) is 0 Å². The van der Waals surface area contributed by atoms with Crippen molar-refractivity contribution in [3.05, 3.63) is 71.3 Å². The maximum Gasteiger partial charge on any atom is 0.272 e. The third-order valence-electron chi connectivity index (χ3n) is 4.94. The molecule has 5 heteroatoms. The number of carbonyl (C=O) groups is 1. The van der Waals surface area contributed by atoms with Crippen LogP contribution in [0, 0.1) is 6.92 Å². The van der Waals surface area contributed by atoms with Gasteiger partial charge in [0, 0.05) is 0 Å². The summed E-state index contributed by atoms with van der Waals surface area (Å²) in [5, 5.41) is 6.07. The highest BCUT2D eigenvalue weighted by Gasteiger charge is 2.12. The molecule has 1 N–H and O–H groups in total. The van der Waals surface area contributed by atoms with Crippen LogP contribution in [0.1, 0.15) is 47.7 Å². The van der Waals surface area contributed by atoms with Crippen LogP contribution in [0.5, 0.6) is 11.5 Å². The van der Waals surface area contributed by atoms with Crippen LogP contribution >= 0.6 is 0 Å². The molecule has 30 heavy (non-hydrogen) atoms. The van der Waals surface area contributed by atoms with Crippen molar-refractivity contribution < 1.29 is 14.3 Å². The van der Waals surface area contributed by atoms with Gasteiger partial charge >= 0.3 is 0 Å². The Kier molecular flexibility index (Phi) is 7.44. The van der Waals surface area contributed by atoms with Crippen LogP contribution in [0.2, 0.25) is 0 Å².